The maximum absolute atomic E-state index is 13.6. The van der Waals surface area contributed by atoms with Gasteiger partial charge in [-0.1, -0.05) is 26.7 Å². The average molecular weight is 242 g/mol. The van der Waals surface area contributed by atoms with Crippen LogP contribution in [0, 0.1) is 17.6 Å². The van der Waals surface area contributed by atoms with Crippen LogP contribution >= 0.6 is 0 Å². The molecule has 0 saturated heterocycles. The van der Waals surface area contributed by atoms with Crippen molar-refractivity contribution >= 4 is 11.4 Å². The van der Waals surface area contributed by atoms with Crippen LogP contribution in [0.5, 0.6) is 0 Å². The van der Waals surface area contributed by atoms with E-state index in [1.54, 1.807) is 0 Å². The first-order valence-corrected chi connectivity index (χ1v) is 6.00. The fourth-order valence-corrected chi connectivity index (χ4v) is 2.07. The number of anilines is 2. The second-order valence-electron chi connectivity index (χ2n) is 4.37. The van der Waals surface area contributed by atoms with Crippen molar-refractivity contribution in [2.75, 3.05) is 11.1 Å². The van der Waals surface area contributed by atoms with Gasteiger partial charge in [-0.2, -0.15) is 0 Å². The normalized spacial score (nSPS) is 12.8. The van der Waals surface area contributed by atoms with Crippen LogP contribution in [0.2, 0.25) is 0 Å². The van der Waals surface area contributed by atoms with E-state index < -0.39 is 11.6 Å². The zero-order valence-corrected chi connectivity index (χ0v) is 10.6. The second kappa shape index (κ2) is 5.84. The molecule has 0 amide bonds. The zero-order valence-electron chi connectivity index (χ0n) is 10.6. The minimum absolute atomic E-state index is 0.0256. The van der Waals surface area contributed by atoms with Crippen LogP contribution in [0.4, 0.5) is 20.2 Å². The molecule has 0 aliphatic rings. The highest BCUT2D eigenvalue weighted by Crippen LogP contribution is 2.25. The Morgan fingerprint density at radius 2 is 1.65 bits per heavy atom. The summed E-state index contributed by atoms with van der Waals surface area (Å²) in [5.74, 6) is -0.882. The highest BCUT2D eigenvalue weighted by Gasteiger charge is 2.17. The Morgan fingerprint density at radius 3 is 2.06 bits per heavy atom. The first-order valence-electron chi connectivity index (χ1n) is 6.00. The molecule has 0 aromatic heterocycles. The molecule has 0 bridgehead atoms. The molecule has 2 nitrogen and oxygen atoms in total. The molecule has 17 heavy (non-hydrogen) atoms. The Morgan fingerprint density at radius 1 is 1.18 bits per heavy atom. The molecule has 1 rings (SSSR count). The minimum Gasteiger partial charge on any atom is -0.399 e. The van der Waals surface area contributed by atoms with Gasteiger partial charge in [0.1, 0.15) is 5.69 Å². The van der Waals surface area contributed by atoms with E-state index in [1.165, 1.54) is 0 Å². The van der Waals surface area contributed by atoms with E-state index in [4.69, 9.17) is 5.73 Å². The zero-order chi connectivity index (χ0) is 13.0. The molecule has 1 aromatic rings. The van der Waals surface area contributed by atoms with Crippen molar-refractivity contribution in [3.63, 3.8) is 0 Å². The lowest BCUT2D eigenvalue weighted by atomic mass is 9.95. The van der Waals surface area contributed by atoms with Crippen LogP contribution in [-0.2, 0) is 0 Å². The Bertz CT molecular complexity index is 353. The monoisotopic (exact) mass is 242 g/mol. The summed E-state index contributed by atoms with van der Waals surface area (Å²) in [4.78, 5) is 0. The average Bonchev–Trinajstić information content (AvgIpc) is 2.25. The number of nitrogens with two attached hydrogens (primary N) is 1. The third kappa shape index (κ3) is 3.32. The molecule has 0 radical (unpaired) electrons. The summed E-state index contributed by atoms with van der Waals surface area (Å²) in [5, 5.41) is 2.90. The first kappa shape index (κ1) is 13.7. The quantitative estimate of drug-likeness (QED) is 0.771. The predicted octanol–water partition coefficient (Wildman–Crippen LogP) is 3.78. The molecular formula is C13H20F2N2. The van der Waals surface area contributed by atoms with Crippen LogP contribution in [0.15, 0.2) is 12.1 Å². The van der Waals surface area contributed by atoms with Crippen molar-refractivity contribution < 1.29 is 8.78 Å². The highest BCUT2D eigenvalue weighted by molar-refractivity contribution is 5.54. The summed E-state index contributed by atoms with van der Waals surface area (Å²) >= 11 is 0. The summed E-state index contributed by atoms with van der Waals surface area (Å²) in [6.45, 7) is 6.08. The minimum atomic E-state index is -0.639. The van der Waals surface area contributed by atoms with Crippen molar-refractivity contribution in [2.24, 2.45) is 5.92 Å². The number of hydrogen-bond donors (Lipinski definition) is 2. The van der Waals surface area contributed by atoms with Gasteiger partial charge in [-0.25, -0.2) is 8.78 Å². The van der Waals surface area contributed by atoms with Gasteiger partial charge in [-0.3, -0.25) is 0 Å². The van der Waals surface area contributed by atoms with Gasteiger partial charge in [0.25, 0.3) is 0 Å². The van der Waals surface area contributed by atoms with E-state index in [-0.39, 0.29) is 17.4 Å². The predicted molar refractivity (Wildman–Crippen MR) is 67.9 cm³/mol. The summed E-state index contributed by atoms with van der Waals surface area (Å²) in [6, 6.07) is 2.29. The van der Waals surface area contributed by atoms with Crippen LogP contribution in [0.1, 0.15) is 33.6 Å². The molecule has 0 aliphatic carbocycles. The Kier molecular flexibility index (Phi) is 4.73. The van der Waals surface area contributed by atoms with Gasteiger partial charge < -0.3 is 11.1 Å². The molecule has 1 unspecified atom stereocenters. The summed E-state index contributed by atoms with van der Waals surface area (Å²) in [5.41, 5.74) is 5.38. The van der Waals surface area contributed by atoms with Crippen LogP contribution < -0.4 is 11.1 Å². The molecule has 1 atom stereocenters. The van der Waals surface area contributed by atoms with E-state index in [2.05, 4.69) is 19.2 Å². The lowest BCUT2D eigenvalue weighted by molar-refractivity contribution is 0.434. The van der Waals surface area contributed by atoms with E-state index in [0.29, 0.717) is 5.92 Å². The third-order valence-corrected chi connectivity index (χ3v) is 3.19. The van der Waals surface area contributed by atoms with Crippen molar-refractivity contribution in [3.05, 3.63) is 23.8 Å². The fourth-order valence-electron chi connectivity index (χ4n) is 2.07. The van der Waals surface area contributed by atoms with Gasteiger partial charge in [-0.05, 0) is 25.0 Å². The Labute approximate surface area is 101 Å². The first-order chi connectivity index (χ1) is 7.99. The Balaban J connectivity index is 2.88. The molecular weight excluding hydrogens is 222 g/mol. The molecule has 0 aliphatic heterocycles. The molecule has 0 spiro atoms. The van der Waals surface area contributed by atoms with Gasteiger partial charge in [0.15, 0.2) is 11.6 Å². The van der Waals surface area contributed by atoms with Crippen molar-refractivity contribution in [3.8, 4) is 0 Å². The number of hydrogen-bond acceptors (Lipinski definition) is 2. The van der Waals surface area contributed by atoms with Gasteiger partial charge in [0.2, 0.25) is 0 Å². The van der Waals surface area contributed by atoms with Crippen LogP contribution in [0.25, 0.3) is 0 Å². The SMILES string of the molecule is CCC(CC)C(C)Nc1c(F)cc(N)cc1F. The second-order valence-corrected chi connectivity index (χ2v) is 4.37. The van der Waals surface area contributed by atoms with Gasteiger partial charge >= 0.3 is 0 Å². The fraction of sp³-hybridized carbons (Fsp3) is 0.538. The van der Waals surface area contributed by atoms with Gasteiger partial charge in [-0.15, -0.1) is 0 Å². The molecule has 0 heterocycles. The van der Waals surface area contributed by atoms with Gasteiger partial charge in [0.05, 0.1) is 0 Å². The third-order valence-electron chi connectivity index (χ3n) is 3.19. The smallest absolute Gasteiger partial charge is 0.151 e. The summed E-state index contributed by atoms with van der Waals surface area (Å²) in [6.07, 6.45) is 1.95. The van der Waals surface area contributed by atoms with E-state index >= 15 is 0 Å². The number of nitrogen functional groups attached to an aromatic ring is 1. The lowest BCUT2D eigenvalue weighted by Crippen LogP contribution is -2.26. The topological polar surface area (TPSA) is 38.0 Å². The summed E-state index contributed by atoms with van der Waals surface area (Å²) < 4.78 is 27.1. The van der Waals surface area contributed by atoms with Crippen molar-refractivity contribution in [1.29, 1.82) is 0 Å². The summed E-state index contributed by atoms with van der Waals surface area (Å²) in [7, 11) is 0. The largest absolute Gasteiger partial charge is 0.399 e. The lowest BCUT2D eigenvalue weighted by Gasteiger charge is -2.24. The Hall–Kier alpha value is -1.32. The number of nitrogens with one attached hydrogen (secondary N) is 1. The molecule has 1 aromatic carbocycles. The van der Waals surface area contributed by atoms with Crippen molar-refractivity contribution in [1.82, 2.24) is 0 Å². The number of benzene rings is 1. The van der Waals surface area contributed by atoms with E-state index in [0.717, 1.165) is 25.0 Å². The maximum Gasteiger partial charge on any atom is 0.151 e. The standard InChI is InChI=1S/C13H20F2N2/c1-4-9(5-2)8(3)17-13-11(14)6-10(16)7-12(13)15/h6-9,17H,4-5,16H2,1-3H3. The molecule has 3 N–H and O–H groups in total. The van der Waals surface area contributed by atoms with Gasteiger partial charge in [0, 0.05) is 11.7 Å². The molecule has 96 valence electrons. The van der Waals surface area contributed by atoms with E-state index in [1.807, 2.05) is 6.92 Å². The van der Waals surface area contributed by atoms with Crippen LogP contribution in [-0.4, -0.2) is 6.04 Å². The molecule has 0 saturated carbocycles. The number of halogens is 2. The van der Waals surface area contributed by atoms with Crippen molar-refractivity contribution in [2.45, 2.75) is 39.7 Å². The highest BCUT2D eigenvalue weighted by atomic mass is 19.1. The van der Waals surface area contributed by atoms with Crippen LogP contribution in [0.3, 0.4) is 0 Å². The molecule has 4 heteroatoms. The number of rotatable bonds is 5. The molecule has 0 fully saturated rings. The maximum atomic E-state index is 13.6. The van der Waals surface area contributed by atoms with E-state index in [9.17, 15) is 8.78 Å².